The van der Waals surface area contributed by atoms with E-state index in [1.807, 2.05) is 30.3 Å². The van der Waals surface area contributed by atoms with Crippen LogP contribution in [-0.2, 0) is 11.3 Å². The van der Waals surface area contributed by atoms with Crippen molar-refractivity contribution in [2.75, 3.05) is 39.7 Å². The van der Waals surface area contributed by atoms with Crippen molar-refractivity contribution < 1.29 is 23.5 Å². The molecule has 0 atom stereocenters. The van der Waals surface area contributed by atoms with Gasteiger partial charge in [0.2, 0.25) is 23.4 Å². The summed E-state index contributed by atoms with van der Waals surface area (Å²) in [6, 6.07) is 13.2. The maximum absolute atomic E-state index is 12.9. The molecule has 0 spiro atoms. The Morgan fingerprint density at radius 2 is 1.73 bits per heavy atom. The summed E-state index contributed by atoms with van der Waals surface area (Å²) in [5.41, 5.74) is 1.53. The summed E-state index contributed by atoms with van der Waals surface area (Å²) in [5.74, 6) is 2.55. The number of piperidine rings is 1. The van der Waals surface area contributed by atoms with Crippen LogP contribution in [0.3, 0.4) is 0 Å². The van der Waals surface area contributed by atoms with Gasteiger partial charge in [0.25, 0.3) is 0 Å². The van der Waals surface area contributed by atoms with Crippen LogP contribution in [-0.4, -0.2) is 55.4 Å². The zero-order valence-electron chi connectivity index (χ0n) is 19.0. The fraction of sp³-hybridized carbons (Fsp3) is 0.375. The van der Waals surface area contributed by atoms with E-state index in [1.165, 1.54) is 0 Å². The van der Waals surface area contributed by atoms with Crippen LogP contribution < -0.4 is 19.5 Å². The minimum absolute atomic E-state index is 0.0203. The Balaban J connectivity index is 1.32. The van der Waals surface area contributed by atoms with E-state index in [0.29, 0.717) is 41.2 Å². The number of hydrogen-bond donors (Lipinski definition) is 1. The van der Waals surface area contributed by atoms with E-state index in [4.69, 9.17) is 18.7 Å². The van der Waals surface area contributed by atoms with E-state index in [0.717, 1.165) is 31.5 Å². The normalized spacial score (nSPS) is 14.6. The first-order valence-corrected chi connectivity index (χ1v) is 10.8. The van der Waals surface area contributed by atoms with Gasteiger partial charge in [-0.05, 0) is 25.9 Å². The fourth-order valence-corrected chi connectivity index (χ4v) is 3.97. The van der Waals surface area contributed by atoms with Crippen molar-refractivity contribution in [2.24, 2.45) is 5.92 Å². The van der Waals surface area contributed by atoms with Gasteiger partial charge in [0.15, 0.2) is 11.5 Å². The number of amides is 1. The minimum atomic E-state index is -0.0806. The van der Waals surface area contributed by atoms with E-state index in [9.17, 15) is 4.79 Å². The second-order valence-corrected chi connectivity index (χ2v) is 7.83. The van der Waals surface area contributed by atoms with Crippen molar-refractivity contribution in [3.05, 3.63) is 48.4 Å². The number of rotatable bonds is 8. The summed E-state index contributed by atoms with van der Waals surface area (Å²) >= 11 is 0. The van der Waals surface area contributed by atoms with Crippen LogP contribution in [0.25, 0.3) is 11.4 Å². The topological polar surface area (TPSA) is 99.0 Å². The summed E-state index contributed by atoms with van der Waals surface area (Å²) in [6.07, 6.45) is 1.49. The molecule has 1 fully saturated rings. The van der Waals surface area contributed by atoms with Crippen LogP contribution in [0.4, 0.5) is 5.69 Å². The number of anilines is 1. The predicted octanol–water partition coefficient (Wildman–Crippen LogP) is 3.61. The van der Waals surface area contributed by atoms with Gasteiger partial charge in [-0.2, -0.15) is 4.98 Å². The zero-order chi connectivity index (χ0) is 23.2. The molecule has 1 N–H and O–H groups in total. The third kappa shape index (κ3) is 5.25. The highest BCUT2D eigenvalue weighted by Gasteiger charge is 2.26. The molecule has 1 aromatic heterocycles. The number of benzene rings is 2. The Hall–Kier alpha value is -3.59. The number of likely N-dealkylation sites (tertiary alicyclic amines) is 1. The third-order valence-corrected chi connectivity index (χ3v) is 5.75. The lowest BCUT2D eigenvalue weighted by atomic mass is 9.96. The molecule has 1 saturated heterocycles. The molecule has 1 aliphatic rings. The van der Waals surface area contributed by atoms with Crippen LogP contribution in [0, 0.1) is 5.92 Å². The van der Waals surface area contributed by atoms with E-state index in [-0.39, 0.29) is 11.8 Å². The second-order valence-electron chi connectivity index (χ2n) is 7.83. The molecule has 9 nitrogen and oxygen atoms in total. The molecule has 0 aliphatic carbocycles. The number of ether oxygens (including phenoxy) is 3. The highest BCUT2D eigenvalue weighted by molar-refractivity contribution is 5.93. The van der Waals surface area contributed by atoms with Gasteiger partial charge in [0.05, 0.1) is 27.9 Å². The van der Waals surface area contributed by atoms with Gasteiger partial charge in [-0.25, -0.2) is 0 Å². The first-order chi connectivity index (χ1) is 16.1. The van der Waals surface area contributed by atoms with Crippen LogP contribution in [0.1, 0.15) is 18.7 Å². The Kier molecular flexibility index (Phi) is 7.09. The monoisotopic (exact) mass is 452 g/mol. The van der Waals surface area contributed by atoms with Crippen LogP contribution >= 0.6 is 0 Å². The first kappa shape index (κ1) is 22.6. The largest absolute Gasteiger partial charge is 0.493 e. The first-order valence-electron chi connectivity index (χ1n) is 10.8. The van der Waals surface area contributed by atoms with Gasteiger partial charge < -0.3 is 24.1 Å². The quantitative estimate of drug-likeness (QED) is 0.553. The van der Waals surface area contributed by atoms with E-state index < -0.39 is 0 Å². The average Bonchev–Trinajstić information content (AvgIpc) is 3.32. The van der Waals surface area contributed by atoms with Crippen molar-refractivity contribution in [3.63, 3.8) is 0 Å². The summed E-state index contributed by atoms with van der Waals surface area (Å²) in [4.78, 5) is 19.6. The Morgan fingerprint density at radius 1 is 1.06 bits per heavy atom. The highest BCUT2D eigenvalue weighted by Crippen LogP contribution is 2.40. The number of hydrogen-bond acceptors (Lipinski definition) is 8. The Morgan fingerprint density at radius 3 is 2.33 bits per heavy atom. The van der Waals surface area contributed by atoms with Crippen molar-refractivity contribution in [1.82, 2.24) is 15.0 Å². The molecule has 1 amide bonds. The lowest BCUT2D eigenvalue weighted by Gasteiger charge is -2.30. The van der Waals surface area contributed by atoms with E-state index in [2.05, 4.69) is 20.4 Å². The van der Waals surface area contributed by atoms with Crippen molar-refractivity contribution in [3.8, 4) is 28.6 Å². The molecule has 4 rings (SSSR count). The molecule has 1 aliphatic heterocycles. The lowest BCUT2D eigenvalue weighted by Crippen LogP contribution is -2.37. The molecule has 33 heavy (non-hydrogen) atoms. The Labute approximate surface area is 192 Å². The molecule has 0 saturated carbocycles. The standard InChI is InChI=1S/C24H28N4O5/c1-30-19-13-18(14-20(31-2)22(19)32-3)25-24(29)17-9-11-28(12-10-17)15-21-26-23(27-33-21)16-7-5-4-6-8-16/h4-8,13-14,17H,9-12,15H2,1-3H3,(H,25,29). The van der Waals surface area contributed by atoms with Crippen LogP contribution in [0.5, 0.6) is 17.2 Å². The summed E-state index contributed by atoms with van der Waals surface area (Å²) in [5, 5.41) is 7.06. The molecular formula is C24H28N4O5. The number of methoxy groups -OCH3 is 3. The molecule has 0 bridgehead atoms. The highest BCUT2D eigenvalue weighted by atomic mass is 16.5. The molecule has 0 radical (unpaired) electrons. The Bertz CT molecular complexity index is 1050. The second kappa shape index (κ2) is 10.4. The summed E-state index contributed by atoms with van der Waals surface area (Å²) in [6.45, 7) is 2.12. The lowest BCUT2D eigenvalue weighted by molar-refractivity contribution is -0.121. The van der Waals surface area contributed by atoms with E-state index in [1.54, 1.807) is 33.5 Å². The molecule has 3 aromatic rings. The van der Waals surface area contributed by atoms with Crippen LogP contribution in [0.2, 0.25) is 0 Å². The fourth-order valence-electron chi connectivity index (χ4n) is 3.97. The number of carbonyl (C=O) groups is 1. The molecule has 2 heterocycles. The molecule has 174 valence electrons. The number of carbonyl (C=O) groups excluding carboxylic acids is 1. The van der Waals surface area contributed by atoms with Crippen molar-refractivity contribution in [2.45, 2.75) is 19.4 Å². The number of nitrogens with one attached hydrogen (secondary N) is 1. The SMILES string of the molecule is COc1cc(NC(=O)C2CCN(Cc3nc(-c4ccccc4)no3)CC2)cc(OC)c1OC. The summed E-state index contributed by atoms with van der Waals surface area (Å²) in [7, 11) is 4.64. The zero-order valence-corrected chi connectivity index (χ0v) is 19.0. The predicted molar refractivity (Wildman–Crippen MR) is 122 cm³/mol. The van der Waals surface area contributed by atoms with Gasteiger partial charge in [-0.1, -0.05) is 35.5 Å². The maximum atomic E-state index is 12.9. The van der Waals surface area contributed by atoms with Gasteiger partial charge in [-0.3, -0.25) is 9.69 Å². The number of aromatic nitrogens is 2. The summed E-state index contributed by atoms with van der Waals surface area (Å²) < 4.78 is 21.5. The molecule has 2 aromatic carbocycles. The maximum Gasteiger partial charge on any atom is 0.241 e. The minimum Gasteiger partial charge on any atom is -0.493 e. The van der Waals surface area contributed by atoms with Gasteiger partial charge in [0.1, 0.15) is 0 Å². The molecular weight excluding hydrogens is 424 g/mol. The third-order valence-electron chi connectivity index (χ3n) is 5.75. The molecule has 0 unspecified atom stereocenters. The van der Waals surface area contributed by atoms with E-state index >= 15 is 0 Å². The van der Waals surface area contributed by atoms with Crippen molar-refractivity contribution >= 4 is 11.6 Å². The van der Waals surface area contributed by atoms with Gasteiger partial charge in [0, 0.05) is 29.3 Å². The smallest absolute Gasteiger partial charge is 0.241 e. The average molecular weight is 453 g/mol. The van der Waals surface area contributed by atoms with Crippen molar-refractivity contribution in [1.29, 1.82) is 0 Å². The van der Waals surface area contributed by atoms with Crippen LogP contribution in [0.15, 0.2) is 47.0 Å². The number of nitrogens with zero attached hydrogens (tertiary/aromatic N) is 3. The molecule has 9 heteroatoms. The van der Waals surface area contributed by atoms with Gasteiger partial charge >= 0.3 is 0 Å². The van der Waals surface area contributed by atoms with Gasteiger partial charge in [-0.15, -0.1) is 0 Å².